The summed E-state index contributed by atoms with van der Waals surface area (Å²) in [6.45, 7) is -0.449. The fourth-order valence-electron chi connectivity index (χ4n) is 2.36. The highest BCUT2D eigenvalue weighted by Crippen LogP contribution is 2.31. The zero-order valence-corrected chi connectivity index (χ0v) is 15.5. The van der Waals surface area contributed by atoms with Gasteiger partial charge in [0, 0.05) is 5.56 Å². The van der Waals surface area contributed by atoms with E-state index in [1.54, 1.807) is 12.1 Å². The van der Waals surface area contributed by atoms with Gasteiger partial charge in [-0.25, -0.2) is 0 Å². The average molecular weight is 419 g/mol. The number of nitrogens with zero attached hydrogens (tertiary/aromatic N) is 1. The molecular formula is C17H14Cl3NO5. The van der Waals surface area contributed by atoms with Crippen LogP contribution in [0, 0.1) is 0 Å². The molecule has 2 heterocycles. The Labute approximate surface area is 164 Å². The van der Waals surface area contributed by atoms with Crippen molar-refractivity contribution < 1.29 is 24.1 Å². The first-order valence-corrected chi connectivity index (χ1v) is 8.76. The first-order chi connectivity index (χ1) is 12.5. The maximum atomic E-state index is 12.4. The van der Waals surface area contributed by atoms with E-state index in [0.29, 0.717) is 0 Å². The quantitative estimate of drug-likeness (QED) is 0.749. The molecule has 26 heavy (non-hydrogen) atoms. The molecular weight excluding hydrogens is 405 g/mol. The van der Waals surface area contributed by atoms with Crippen molar-refractivity contribution in [2.24, 2.45) is 0 Å². The number of aromatic nitrogens is 1. The summed E-state index contributed by atoms with van der Waals surface area (Å²) in [5, 5.41) is 10.3. The number of ketones is 1. The van der Waals surface area contributed by atoms with Crippen molar-refractivity contribution in [3.63, 3.8) is 0 Å². The van der Waals surface area contributed by atoms with E-state index in [9.17, 15) is 9.90 Å². The van der Waals surface area contributed by atoms with Gasteiger partial charge in [-0.3, -0.25) is 4.79 Å². The molecule has 3 unspecified atom stereocenters. The minimum atomic E-state index is -1.11. The highest BCUT2D eigenvalue weighted by Gasteiger charge is 2.36. The highest BCUT2D eigenvalue weighted by atomic mass is 35.5. The maximum Gasteiger partial charge on any atom is 0.234 e. The van der Waals surface area contributed by atoms with Crippen LogP contribution in [0.4, 0.5) is 0 Å². The van der Waals surface area contributed by atoms with Crippen LogP contribution in [0.25, 0.3) is 0 Å². The molecule has 1 aromatic heterocycles. The zero-order chi connectivity index (χ0) is 18.7. The van der Waals surface area contributed by atoms with Crippen LogP contribution in [0.1, 0.15) is 11.9 Å². The number of aliphatic hydroxyl groups is 1. The van der Waals surface area contributed by atoms with Crippen LogP contribution in [0.5, 0.6) is 5.88 Å². The van der Waals surface area contributed by atoms with E-state index in [2.05, 4.69) is 4.98 Å². The van der Waals surface area contributed by atoms with Crippen molar-refractivity contribution in [3.05, 3.63) is 57.2 Å². The predicted molar refractivity (Wildman–Crippen MR) is 95.8 cm³/mol. The molecule has 3 rings (SSSR count). The molecule has 0 spiro atoms. The van der Waals surface area contributed by atoms with E-state index in [-0.39, 0.29) is 27.7 Å². The topological polar surface area (TPSA) is 77.9 Å². The normalized spacial score (nSPS) is 22.8. The van der Waals surface area contributed by atoms with Crippen molar-refractivity contribution in [1.82, 2.24) is 4.98 Å². The van der Waals surface area contributed by atoms with Crippen molar-refractivity contribution in [3.8, 4) is 5.88 Å². The molecule has 1 fully saturated rings. The third-order valence-corrected chi connectivity index (χ3v) is 4.58. The molecule has 1 aliphatic heterocycles. The fraction of sp³-hybridized carbons (Fsp3) is 0.294. The van der Waals surface area contributed by atoms with Gasteiger partial charge >= 0.3 is 0 Å². The number of Topliss-reactive ketones (excluding diaryl/α,β-unsaturated/α-hetero) is 1. The molecule has 1 saturated heterocycles. The summed E-state index contributed by atoms with van der Waals surface area (Å²) in [7, 11) is 0. The number of ether oxygens (including phenoxy) is 3. The molecule has 6 nitrogen and oxygen atoms in total. The monoisotopic (exact) mass is 417 g/mol. The number of hydrogen-bond acceptors (Lipinski definition) is 6. The Morgan fingerprint density at radius 3 is 2.69 bits per heavy atom. The van der Waals surface area contributed by atoms with Crippen molar-refractivity contribution in [1.29, 1.82) is 0 Å². The lowest BCUT2D eigenvalue weighted by Gasteiger charge is -2.33. The van der Waals surface area contributed by atoms with Crippen LogP contribution in [0.2, 0.25) is 15.2 Å². The van der Waals surface area contributed by atoms with Gasteiger partial charge in [-0.15, -0.1) is 0 Å². The Morgan fingerprint density at radius 2 is 1.96 bits per heavy atom. The number of carbonyl (C=O) groups is 1. The Balaban J connectivity index is 1.65. The highest BCUT2D eigenvalue weighted by molar-refractivity contribution is 6.42. The molecule has 2 aromatic rings. The predicted octanol–water partition coefficient (Wildman–Crippen LogP) is 3.46. The van der Waals surface area contributed by atoms with Gasteiger partial charge in [-0.2, -0.15) is 4.98 Å². The average Bonchev–Trinajstić information content (AvgIpc) is 2.64. The molecule has 0 amide bonds. The summed E-state index contributed by atoms with van der Waals surface area (Å²) in [6, 6.07) is 10.5. The largest absolute Gasteiger partial charge is 0.468 e. The molecule has 138 valence electrons. The second kappa shape index (κ2) is 8.52. The van der Waals surface area contributed by atoms with Crippen LogP contribution >= 0.6 is 34.8 Å². The Hall–Kier alpha value is -1.41. The number of halogens is 3. The number of benzene rings is 1. The van der Waals surface area contributed by atoms with E-state index < -0.39 is 30.9 Å². The summed E-state index contributed by atoms with van der Waals surface area (Å²) in [5.74, 6) is -0.513. The van der Waals surface area contributed by atoms with E-state index in [1.807, 2.05) is 18.2 Å². The standard InChI is InChI=1S/C17H14Cl3NO5/c18-10-6-11(19)16(21-15(10)20)24-7-12(22)14-13(23)8-25-17(26-14)9-4-2-1-3-5-9/h1-6,13-14,17,23H,7-8H2. The lowest BCUT2D eigenvalue weighted by molar-refractivity contribution is -0.251. The van der Waals surface area contributed by atoms with Gasteiger partial charge in [0.1, 0.15) is 11.1 Å². The fourth-order valence-corrected chi connectivity index (χ4v) is 2.91. The summed E-state index contributed by atoms with van der Waals surface area (Å²) >= 11 is 17.6. The summed E-state index contributed by atoms with van der Waals surface area (Å²) in [4.78, 5) is 16.3. The minimum Gasteiger partial charge on any atom is -0.468 e. The SMILES string of the molecule is O=C(COc1nc(Cl)c(Cl)cc1Cl)C1OC(c2ccccc2)OCC1O. The summed E-state index contributed by atoms with van der Waals surface area (Å²) in [5.41, 5.74) is 0.743. The van der Waals surface area contributed by atoms with Crippen molar-refractivity contribution >= 4 is 40.6 Å². The third kappa shape index (κ3) is 4.46. The second-order valence-electron chi connectivity index (χ2n) is 5.50. The van der Waals surface area contributed by atoms with Crippen LogP contribution in [-0.2, 0) is 14.3 Å². The molecule has 1 aliphatic rings. The van der Waals surface area contributed by atoms with Gasteiger partial charge < -0.3 is 19.3 Å². The van der Waals surface area contributed by atoms with Crippen LogP contribution < -0.4 is 4.74 Å². The van der Waals surface area contributed by atoms with E-state index in [4.69, 9.17) is 49.0 Å². The minimum absolute atomic E-state index is 0.00464. The van der Waals surface area contributed by atoms with Crippen LogP contribution in [-0.4, -0.2) is 41.3 Å². The van der Waals surface area contributed by atoms with Crippen LogP contribution in [0.15, 0.2) is 36.4 Å². The van der Waals surface area contributed by atoms with E-state index in [1.165, 1.54) is 6.07 Å². The maximum absolute atomic E-state index is 12.4. The first kappa shape index (κ1) is 19.4. The van der Waals surface area contributed by atoms with Crippen molar-refractivity contribution in [2.45, 2.75) is 18.5 Å². The molecule has 0 aliphatic carbocycles. The number of hydrogen-bond donors (Lipinski definition) is 1. The van der Waals surface area contributed by atoms with Gasteiger partial charge in [0.15, 0.2) is 24.2 Å². The molecule has 1 N–H and O–H groups in total. The lowest BCUT2D eigenvalue weighted by atomic mass is 10.1. The summed E-state index contributed by atoms with van der Waals surface area (Å²) < 4.78 is 16.4. The smallest absolute Gasteiger partial charge is 0.234 e. The third-order valence-electron chi connectivity index (χ3n) is 3.63. The first-order valence-electron chi connectivity index (χ1n) is 7.63. The molecule has 1 aromatic carbocycles. The van der Waals surface area contributed by atoms with Crippen molar-refractivity contribution in [2.75, 3.05) is 13.2 Å². The Kier molecular flexibility index (Phi) is 6.34. The van der Waals surface area contributed by atoms with Gasteiger partial charge in [0.2, 0.25) is 11.7 Å². The second-order valence-corrected chi connectivity index (χ2v) is 6.68. The molecule has 0 bridgehead atoms. The summed E-state index contributed by atoms with van der Waals surface area (Å²) in [6.07, 6.45) is -2.96. The van der Waals surface area contributed by atoms with Crippen LogP contribution in [0.3, 0.4) is 0 Å². The zero-order valence-electron chi connectivity index (χ0n) is 13.3. The number of pyridine rings is 1. The molecule has 0 radical (unpaired) electrons. The molecule has 0 saturated carbocycles. The van der Waals surface area contributed by atoms with Gasteiger partial charge in [-0.05, 0) is 6.07 Å². The van der Waals surface area contributed by atoms with Gasteiger partial charge in [0.05, 0.1) is 11.6 Å². The lowest BCUT2D eigenvalue weighted by Crippen LogP contribution is -2.46. The number of carbonyl (C=O) groups excluding carboxylic acids is 1. The molecule has 9 heteroatoms. The Morgan fingerprint density at radius 1 is 1.23 bits per heavy atom. The van der Waals surface area contributed by atoms with Gasteiger partial charge in [0.25, 0.3) is 0 Å². The van der Waals surface area contributed by atoms with Gasteiger partial charge in [-0.1, -0.05) is 65.1 Å². The Bertz CT molecular complexity index is 789. The molecule has 3 atom stereocenters. The number of aliphatic hydroxyl groups excluding tert-OH is 1. The van der Waals surface area contributed by atoms with E-state index in [0.717, 1.165) is 5.56 Å². The number of rotatable bonds is 5. The van der Waals surface area contributed by atoms with E-state index >= 15 is 0 Å².